The van der Waals surface area contributed by atoms with E-state index in [1.807, 2.05) is 0 Å². The summed E-state index contributed by atoms with van der Waals surface area (Å²) < 4.78 is 10.3. The number of hydrogen-bond donors (Lipinski definition) is 2. The molecular weight excluding hydrogens is 452 g/mol. The zero-order valence-corrected chi connectivity index (χ0v) is 21.4. The molecule has 1 aliphatic rings. The summed E-state index contributed by atoms with van der Waals surface area (Å²) in [7, 11) is 0. The molecule has 0 saturated heterocycles. The first kappa shape index (κ1) is 28.1. The second kappa shape index (κ2) is 12.5. The van der Waals surface area contributed by atoms with Gasteiger partial charge in [-0.05, 0) is 72.4 Å². The zero-order valence-electron chi connectivity index (χ0n) is 21.4. The number of hydrogen-bond acceptors (Lipinski definition) is 8. The number of nitrogens with two attached hydrogens (primary N) is 1. The van der Waals surface area contributed by atoms with E-state index in [4.69, 9.17) is 15.2 Å². The third kappa shape index (κ3) is 9.92. The van der Waals surface area contributed by atoms with Gasteiger partial charge in [-0.25, -0.2) is 9.78 Å². The largest absolute Gasteiger partial charge is 0.466 e. The fraction of sp³-hybridized carbons (Fsp3) is 0.640. The van der Waals surface area contributed by atoms with E-state index in [1.54, 1.807) is 51.7 Å². The molecule has 0 aliphatic heterocycles. The van der Waals surface area contributed by atoms with Crippen molar-refractivity contribution in [1.29, 1.82) is 0 Å². The van der Waals surface area contributed by atoms with E-state index in [9.17, 15) is 19.2 Å². The van der Waals surface area contributed by atoms with Crippen LogP contribution in [0.5, 0.6) is 0 Å². The van der Waals surface area contributed by atoms with Crippen molar-refractivity contribution in [2.45, 2.75) is 90.8 Å². The topological polar surface area (TPSA) is 141 Å². The fourth-order valence-electron chi connectivity index (χ4n) is 3.51. The van der Waals surface area contributed by atoms with Crippen LogP contribution in [-0.2, 0) is 30.3 Å². The van der Waals surface area contributed by atoms with Crippen LogP contribution in [0.1, 0.15) is 82.9 Å². The van der Waals surface area contributed by atoms with Gasteiger partial charge in [-0.1, -0.05) is 0 Å². The van der Waals surface area contributed by atoms with Gasteiger partial charge >= 0.3 is 11.9 Å². The molecule has 1 heterocycles. The highest BCUT2D eigenvalue weighted by Crippen LogP contribution is 2.27. The number of rotatable bonds is 12. The van der Waals surface area contributed by atoms with E-state index in [2.05, 4.69) is 10.3 Å². The lowest BCUT2D eigenvalue weighted by Gasteiger charge is -2.23. The standard InChI is InChI=1S/C25H38N4O6/c1-6-34-22(32)14-16(2)27-20(30)15-29(18-11-12-18)21(31)9-7-8-17-10-13-19(26)23(28-17)24(33)35-25(3,4)5/h10,13,16,18H,6-9,11-12,14-15,26H2,1-5H3,(H,27,30)/t16-/m1/s1. The van der Waals surface area contributed by atoms with Gasteiger partial charge in [0.05, 0.1) is 25.3 Å². The molecule has 10 nitrogen and oxygen atoms in total. The minimum Gasteiger partial charge on any atom is -0.466 e. The summed E-state index contributed by atoms with van der Waals surface area (Å²) in [4.78, 5) is 55.2. The third-order valence-electron chi connectivity index (χ3n) is 5.21. The molecule has 1 aromatic rings. The molecule has 1 fully saturated rings. The molecule has 35 heavy (non-hydrogen) atoms. The van der Waals surface area contributed by atoms with E-state index in [0.29, 0.717) is 18.5 Å². The van der Waals surface area contributed by atoms with Gasteiger partial charge in [-0.3, -0.25) is 14.4 Å². The van der Waals surface area contributed by atoms with Crippen LogP contribution >= 0.6 is 0 Å². The lowest BCUT2D eigenvalue weighted by Crippen LogP contribution is -2.45. The molecule has 2 rings (SSSR count). The summed E-state index contributed by atoms with van der Waals surface area (Å²) in [5.74, 6) is -1.37. The van der Waals surface area contributed by atoms with E-state index < -0.39 is 11.6 Å². The van der Waals surface area contributed by atoms with Gasteiger partial charge in [0.1, 0.15) is 5.60 Å². The van der Waals surface area contributed by atoms with Gasteiger partial charge in [-0.15, -0.1) is 0 Å². The maximum Gasteiger partial charge on any atom is 0.359 e. The molecule has 194 valence electrons. The SMILES string of the molecule is CCOC(=O)C[C@@H](C)NC(=O)CN(C(=O)CCCc1ccc(N)c(C(=O)OC(C)(C)C)n1)C1CC1. The Morgan fingerprint density at radius 1 is 1.23 bits per heavy atom. The van der Waals surface area contributed by atoms with Crippen LogP contribution in [0.25, 0.3) is 0 Å². The first-order chi connectivity index (χ1) is 16.4. The van der Waals surface area contributed by atoms with E-state index in [-0.39, 0.29) is 67.2 Å². The van der Waals surface area contributed by atoms with Crippen molar-refractivity contribution in [1.82, 2.24) is 15.2 Å². The molecule has 1 aliphatic carbocycles. The highest BCUT2D eigenvalue weighted by Gasteiger charge is 2.33. The van der Waals surface area contributed by atoms with E-state index in [0.717, 1.165) is 12.8 Å². The van der Waals surface area contributed by atoms with Gasteiger partial charge in [0.2, 0.25) is 11.8 Å². The molecule has 1 atom stereocenters. The molecule has 3 N–H and O–H groups in total. The minimum atomic E-state index is -0.664. The number of aryl methyl sites for hydroxylation is 1. The predicted molar refractivity (Wildman–Crippen MR) is 130 cm³/mol. The number of aromatic nitrogens is 1. The number of ether oxygens (including phenoxy) is 2. The van der Waals surface area contributed by atoms with Gasteiger partial charge in [0.25, 0.3) is 0 Å². The Hall–Kier alpha value is -3.17. The van der Waals surface area contributed by atoms with Crippen molar-refractivity contribution in [3.05, 3.63) is 23.5 Å². The van der Waals surface area contributed by atoms with Crippen LogP contribution in [0.2, 0.25) is 0 Å². The summed E-state index contributed by atoms with van der Waals surface area (Å²) in [5, 5.41) is 2.76. The Balaban J connectivity index is 1.87. The van der Waals surface area contributed by atoms with Gasteiger partial charge < -0.3 is 25.4 Å². The first-order valence-electron chi connectivity index (χ1n) is 12.1. The molecule has 0 aromatic carbocycles. The highest BCUT2D eigenvalue weighted by molar-refractivity contribution is 5.93. The van der Waals surface area contributed by atoms with Crippen LogP contribution in [-0.4, -0.2) is 64.5 Å². The van der Waals surface area contributed by atoms with Gasteiger partial charge in [0, 0.05) is 24.2 Å². The summed E-state index contributed by atoms with van der Waals surface area (Å²) in [6.07, 6.45) is 3.05. The Labute approximate surface area is 206 Å². The number of nitrogens with one attached hydrogen (secondary N) is 1. The monoisotopic (exact) mass is 490 g/mol. The highest BCUT2D eigenvalue weighted by atomic mass is 16.6. The second-order valence-electron chi connectivity index (χ2n) is 9.83. The van der Waals surface area contributed by atoms with Crippen molar-refractivity contribution >= 4 is 29.4 Å². The van der Waals surface area contributed by atoms with Crippen molar-refractivity contribution in [3.63, 3.8) is 0 Å². The van der Waals surface area contributed by atoms with Gasteiger partial charge in [0.15, 0.2) is 5.69 Å². The van der Waals surface area contributed by atoms with Crippen molar-refractivity contribution in [2.24, 2.45) is 0 Å². The number of esters is 2. The fourth-order valence-corrected chi connectivity index (χ4v) is 3.51. The van der Waals surface area contributed by atoms with Crippen molar-refractivity contribution < 1.29 is 28.7 Å². The Kier molecular flexibility index (Phi) is 10.0. The summed E-state index contributed by atoms with van der Waals surface area (Å²) in [6, 6.07) is 3.03. The van der Waals surface area contributed by atoms with Crippen molar-refractivity contribution in [2.75, 3.05) is 18.9 Å². The Bertz CT molecular complexity index is 923. The number of carbonyl (C=O) groups excluding carboxylic acids is 4. The molecule has 10 heteroatoms. The summed E-state index contributed by atoms with van der Waals surface area (Å²) in [5.41, 5.74) is 6.18. The first-order valence-corrected chi connectivity index (χ1v) is 12.1. The number of nitrogen functional groups attached to an aromatic ring is 1. The smallest absolute Gasteiger partial charge is 0.359 e. The van der Waals surface area contributed by atoms with Crippen molar-refractivity contribution in [3.8, 4) is 0 Å². The Morgan fingerprint density at radius 3 is 2.51 bits per heavy atom. The number of amides is 2. The van der Waals surface area contributed by atoms with E-state index in [1.165, 1.54) is 0 Å². The summed E-state index contributed by atoms with van der Waals surface area (Å²) in [6.45, 7) is 9.00. The Morgan fingerprint density at radius 2 is 1.91 bits per heavy atom. The molecule has 0 radical (unpaired) electrons. The maximum atomic E-state index is 12.8. The third-order valence-corrected chi connectivity index (χ3v) is 5.21. The maximum absolute atomic E-state index is 12.8. The minimum absolute atomic E-state index is 0.0421. The van der Waals surface area contributed by atoms with Gasteiger partial charge in [-0.2, -0.15) is 0 Å². The van der Waals surface area contributed by atoms with Crippen LogP contribution in [0.15, 0.2) is 12.1 Å². The van der Waals surface area contributed by atoms with Crippen LogP contribution in [0, 0.1) is 0 Å². The average Bonchev–Trinajstić information content (AvgIpc) is 3.57. The van der Waals surface area contributed by atoms with Crippen LogP contribution in [0.4, 0.5) is 5.69 Å². The molecule has 1 aromatic heterocycles. The molecule has 1 saturated carbocycles. The predicted octanol–water partition coefficient (Wildman–Crippen LogP) is 2.39. The quantitative estimate of drug-likeness (QED) is 0.426. The average molecular weight is 491 g/mol. The number of carbonyl (C=O) groups is 4. The number of pyridine rings is 1. The molecular formula is C25H38N4O6. The van der Waals surface area contributed by atoms with Crippen LogP contribution in [0.3, 0.4) is 0 Å². The number of anilines is 1. The molecule has 0 unspecified atom stereocenters. The second-order valence-corrected chi connectivity index (χ2v) is 9.83. The normalized spacial score (nSPS) is 14.1. The van der Waals surface area contributed by atoms with Crippen LogP contribution < -0.4 is 11.1 Å². The molecule has 0 bridgehead atoms. The van der Waals surface area contributed by atoms with E-state index >= 15 is 0 Å². The molecule has 2 amide bonds. The lowest BCUT2D eigenvalue weighted by atomic mass is 10.1. The lowest BCUT2D eigenvalue weighted by molar-refractivity contribution is -0.144. The number of nitrogens with zero attached hydrogens (tertiary/aromatic N) is 2. The summed E-state index contributed by atoms with van der Waals surface area (Å²) >= 11 is 0. The zero-order chi connectivity index (χ0) is 26.2. The molecule has 0 spiro atoms.